The molecule has 100 valence electrons. The van der Waals surface area contributed by atoms with Crippen molar-refractivity contribution < 1.29 is 9.11 Å². The number of aromatic nitrogens is 1. The highest BCUT2D eigenvalue weighted by Crippen LogP contribution is 2.58. The van der Waals surface area contributed by atoms with Gasteiger partial charge in [-0.2, -0.15) is 0 Å². The second-order valence-electron chi connectivity index (χ2n) is 4.46. The highest BCUT2D eigenvalue weighted by atomic mass is 32.3. The molecule has 3 nitrogen and oxygen atoms in total. The lowest BCUT2D eigenvalue weighted by atomic mass is 10.1. The van der Waals surface area contributed by atoms with Crippen LogP contribution >= 0.6 is 10.6 Å². The molecular weight excluding hydrogens is 258 g/mol. The van der Waals surface area contributed by atoms with E-state index < -0.39 is 10.6 Å². The van der Waals surface area contributed by atoms with Crippen molar-refractivity contribution in [3.05, 3.63) is 65.9 Å². The summed E-state index contributed by atoms with van der Waals surface area (Å²) >= 11 is 0. The Kier molecular flexibility index (Phi) is 3.75. The number of rotatable bonds is 3. The third-order valence-electron chi connectivity index (χ3n) is 2.97. The number of aryl methyl sites for hydroxylation is 2. The van der Waals surface area contributed by atoms with Gasteiger partial charge in [-0.15, -0.1) is 10.6 Å². The standard InChI is InChI=1S/C15H17NO2S/c1-11-7-8-12(2)14(10-11)13(3)19(17,18)15-6-4-5-9-16-15/h4-10,17-18H,3H2,1-2H3. The lowest BCUT2D eigenvalue weighted by Crippen LogP contribution is -2.04. The Morgan fingerprint density at radius 2 is 1.89 bits per heavy atom. The van der Waals surface area contributed by atoms with Crippen molar-refractivity contribution in [1.29, 1.82) is 0 Å². The fourth-order valence-corrected chi connectivity index (χ4v) is 3.09. The maximum Gasteiger partial charge on any atom is 0.151 e. The van der Waals surface area contributed by atoms with Crippen molar-refractivity contribution in [2.24, 2.45) is 0 Å². The van der Waals surface area contributed by atoms with E-state index in [1.54, 1.807) is 24.4 Å². The fraction of sp³-hybridized carbons (Fsp3) is 0.133. The van der Waals surface area contributed by atoms with E-state index in [4.69, 9.17) is 0 Å². The first kappa shape index (κ1) is 13.8. The van der Waals surface area contributed by atoms with Gasteiger partial charge in [0.2, 0.25) is 0 Å². The SMILES string of the molecule is C=C(c1cc(C)ccc1C)S(O)(O)c1ccccn1. The van der Waals surface area contributed by atoms with Crippen molar-refractivity contribution >= 4 is 15.5 Å². The van der Waals surface area contributed by atoms with Crippen LogP contribution in [0.5, 0.6) is 0 Å². The van der Waals surface area contributed by atoms with E-state index in [1.165, 1.54) is 0 Å². The number of nitrogens with zero attached hydrogens (tertiary/aromatic N) is 1. The van der Waals surface area contributed by atoms with Crippen LogP contribution in [-0.2, 0) is 0 Å². The van der Waals surface area contributed by atoms with Crippen LogP contribution in [0.4, 0.5) is 0 Å². The minimum absolute atomic E-state index is 0.251. The van der Waals surface area contributed by atoms with Crippen LogP contribution in [-0.4, -0.2) is 14.1 Å². The summed E-state index contributed by atoms with van der Waals surface area (Å²) in [5, 5.41) is 0.251. The topological polar surface area (TPSA) is 53.4 Å². The van der Waals surface area contributed by atoms with Gasteiger partial charge in [-0.3, -0.25) is 9.11 Å². The normalized spacial score (nSPS) is 12.2. The number of benzene rings is 1. The maximum absolute atomic E-state index is 10.4. The summed E-state index contributed by atoms with van der Waals surface area (Å²) < 4.78 is 20.8. The van der Waals surface area contributed by atoms with Crippen LogP contribution in [0.2, 0.25) is 0 Å². The molecule has 0 saturated carbocycles. The summed E-state index contributed by atoms with van der Waals surface area (Å²) in [4.78, 5) is 4.34. The predicted molar refractivity (Wildman–Crippen MR) is 80.3 cm³/mol. The Balaban J connectivity index is 2.46. The maximum atomic E-state index is 10.4. The average molecular weight is 275 g/mol. The van der Waals surface area contributed by atoms with Gasteiger partial charge in [0.15, 0.2) is 5.03 Å². The first-order valence-electron chi connectivity index (χ1n) is 5.89. The van der Waals surface area contributed by atoms with Crippen LogP contribution in [0.25, 0.3) is 4.91 Å². The fourth-order valence-electron chi connectivity index (χ4n) is 1.83. The molecule has 2 aromatic rings. The summed E-state index contributed by atoms with van der Waals surface area (Å²) in [7, 11) is -3.14. The Hall–Kier alpha value is -1.62. The lowest BCUT2D eigenvalue weighted by molar-refractivity contribution is 0.497. The molecule has 1 aromatic heterocycles. The average Bonchev–Trinajstić information content (AvgIpc) is 2.41. The Morgan fingerprint density at radius 1 is 1.16 bits per heavy atom. The number of pyridine rings is 1. The van der Waals surface area contributed by atoms with E-state index in [1.807, 2.05) is 32.0 Å². The highest BCUT2D eigenvalue weighted by molar-refractivity contribution is 8.32. The third kappa shape index (κ3) is 2.71. The van der Waals surface area contributed by atoms with Crippen LogP contribution in [0.3, 0.4) is 0 Å². The molecule has 0 atom stereocenters. The number of hydrogen-bond donors (Lipinski definition) is 2. The monoisotopic (exact) mass is 275 g/mol. The molecular formula is C15H17NO2S. The summed E-state index contributed by atoms with van der Waals surface area (Å²) in [5.74, 6) is 0. The van der Waals surface area contributed by atoms with Crippen molar-refractivity contribution in [2.45, 2.75) is 18.9 Å². The molecule has 0 aliphatic heterocycles. The third-order valence-corrected chi connectivity index (χ3v) is 4.70. The predicted octanol–water partition coefficient (Wildman–Crippen LogP) is 4.48. The molecule has 0 amide bonds. The van der Waals surface area contributed by atoms with Crippen molar-refractivity contribution in [3.63, 3.8) is 0 Å². The zero-order valence-corrected chi connectivity index (χ0v) is 11.8. The first-order chi connectivity index (χ1) is 8.93. The second kappa shape index (κ2) is 5.17. The Bertz CT molecular complexity index is 609. The van der Waals surface area contributed by atoms with Gasteiger partial charge >= 0.3 is 0 Å². The van der Waals surface area contributed by atoms with Gasteiger partial charge in [-0.1, -0.05) is 30.3 Å². The smallest absolute Gasteiger partial charge is 0.151 e. The molecule has 4 heteroatoms. The summed E-state index contributed by atoms with van der Waals surface area (Å²) in [6.07, 6.45) is 1.54. The molecule has 0 aliphatic carbocycles. The van der Waals surface area contributed by atoms with Gasteiger partial charge in [0.05, 0.1) is 4.91 Å². The first-order valence-corrected chi connectivity index (χ1v) is 7.43. The van der Waals surface area contributed by atoms with E-state index in [9.17, 15) is 9.11 Å². The van der Waals surface area contributed by atoms with Gasteiger partial charge in [0.25, 0.3) is 0 Å². The molecule has 0 fully saturated rings. The van der Waals surface area contributed by atoms with E-state index in [-0.39, 0.29) is 5.03 Å². The van der Waals surface area contributed by atoms with Crippen LogP contribution < -0.4 is 0 Å². The van der Waals surface area contributed by atoms with Gasteiger partial charge < -0.3 is 0 Å². The summed E-state index contributed by atoms with van der Waals surface area (Å²) in [6.45, 7) is 7.76. The van der Waals surface area contributed by atoms with Crippen LogP contribution in [0, 0.1) is 13.8 Å². The Morgan fingerprint density at radius 3 is 2.53 bits per heavy atom. The largest absolute Gasteiger partial charge is 0.289 e. The molecule has 2 N–H and O–H groups in total. The molecule has 0 spiro atoms. The van der Waals surface area contributed by atoms with Crippen molar-refractivity contribution in [1.82, 2.24) is 4.98 Å². The molecule has 0 unspecified atom stereocenters. The highest BCUT2D eigenvalue weighted by Gasteiger charge is 2.23. The van der Waals surface area contributed by atoms with E-state index in [0.717, 1.165) is 16.7 Å². The van der Waals surface area contributed by atoms with Gasteiger partial charge in [0.1, 0.15) is 0 Å². The molecule has 1 aromatic carbocycles. The van der Waals surface area contributed by atoms with Gasteiger partial charge in [-0.05, 0) is 37.6 Å². The molecule has 0 saturated heterocycles. The zero-order valence-electron chi connectivity index (χ0n) is 11.0. The molecule has 0 aliphatic rings. The minimum Gasteiger partial charge on any atom is -0.289 e. The second-order valence-corrected chi connectivity index (χ2v) is 6.47. The minimum atomic E-state index is -3.14. The van der Waals surface area contributed by atoms with Crippen LogP contribution in [0.15, 0.2) is 54.2 Å². The molecule has 19 heavy (non-hydrogen) atoms. The summed E-state index contributed by atoms with van der Waals surface area (Å²) in [6, 6.07) is 10.9. The van der Waals surface area contributed by atoms with Gasteiger partial charge in [0, 0.05) is 11.8 Å². The van der Waals surface area contributed by atoms with Crippen LogP contribution in [0.1, 0.15) is 16.7 Å². The van der Waals surface area contributed by atoms with Gasteiger partial charge in [-0.25, -0.2) is 4.98 Å². The molecule has 1 heterocycles. The molecule has 2 rings (SSSR count). The number of hydrogen-bond acceptors (Lipinski definition) is 3. The van der Waals surface area contributed by atoms with E-state index in [2.05, 4.69) is 11.6 Å². The lowest BCUT2D eigenvalue weighted by Gasteiger charge is -2.33. The molecule has 0 bridgehead atoms. The molecule has 0 radical (unpaired) electrons. The summed E-state index contributed by atoms with van der Waals surface area (Å²) in [5.41, 5.74) is 2.79. The Labute approximate surface area is 115 Å². The quantitative estimate of drug-likeness (QED) is 0.868. The van der Waals surface area contributed by atoms with E-state index >= 15 is 0 Å². The van der Waals surface area contributed by atoms with Crippen molar-refractivity contribution in [2.75, 3.05) is 0 Å². The van der Waals surface area contributed by atoms with E-state index in [0.29, 0.717) is 4.91 Å². The van der Waals surface area contributed by atoms with Crippen molar-refractivity contribution in [3.8, 4) is 0 Å². The zero-order chi connectivity index (χ0) is 14.0.